The SMILES string of the molecule is CC(N)c1ccc(Br)c([N+](=O)[O-])c1. The van der Waals surface area contributed by atoms with Crippen molar-refractivity contribution >= 4 is 21.6 Å². The molecule has 13 heavy (non-hydrogen) atoms. The van der Waals surface area contributed by atoms with Crippen LogP contribution in [0.2, 0.25) is 0 Å². The monoisotopic (exact) mass is 244 g/mol. The van der Waals surface area contributed by atoms with Crippen LogP contribution in [0.3, 0.4) is 0 Å². The fourth-order valence-corrected chi connectivity index (χ4v) is 1.34. The van der Waals surface area contributed by atoms with E-state index in [1.54, 1.807) is 19.1 Å². The topological polar surface area (TPSA) is 69.2 Å². The Morgan fingerprint density at radius 1 is 1.62 bits per heavy atom. The molecule has 1 rings (SSSR count). The fraction of sp³-hybridized carbons (Fsp3) is 0.250. The van der Waals surface area contributed by atoms with Crippen molar-refractivity contribution in [3.8, 4) is 0 Å². The molecule has 0 heterocycles. The molecule has 0 bridgehead atoms. The normalized spacial score (nSPS) is 12.5. The maximum Gasteiger partial charge on any atom is 0.283 e. The highest BCUT2D eigenvalue weighted by Crippen LogP contribution is 2.27. The molecule has 0 saturated heterocycles. The van der Waals surface area contributed by atoms with Gasteiger partial charge < -0.3 is 5.73 Å². The molecule has 1 atom stereocenters. The summed E-state index contributed by atoms with van der Waals surface area (Å²) in [5.74, 6) is 0. The summed E-state index contributed by atoms with van der Waals surface area (Å²) in [6, 6.07) is 4.69. The zero-order chi connectivity index (χ0) is 10.0. The average Bonchev–Trinajstić information content (AvgIpc) is 2.04. The fourth-order valence-electron chi connectivity index (χ4n) is 0.953. The van der Waals surface area contributed by atoms with Crippen molar-refractivity contribution in [3.05, 3.63) is 38.3 Å². The summed E-state index contributed by atoms with van der Waals surface area (Å²) in [6.45, 7) is 1.78. The Morgan fingerprint density at radius 3 is 2.69 bits per heavy atom. The average molecular weight is 245 g/mol. The molecule has 0 aromatic heterocycles. The molecule has 0 fully saturated rings. The van der Waals surface area contributed by atoms with Gasteiger partial charge >= 0.3 is 0 Å². The summed E-state index contributed by atoms with van der Waals surface area (Å²) in [5.41, 5.74) is 6.40. The molecule has 2 N–H and O–H groups in total. The van der Waals surface area contributed by atoms with Crippen molar-refractivity contribution in [1.29, 1.82) is 0 Å². The van der Waals surface area contributed by atoms with E-state index in [9.17, 15) is 10.1 Å². The predicted octanol–water partition coefficient (Wildman–Crippen LogP) is 2.38. The number of benzene rings is 1. The number of hydrogen-bond acceptors (Lipinski definition) is 3. The lowest BCUT2D eigenvalue weighted by Crippen LogP contribution is -2.05. The highest BCUT2D eigenvalue weighted by Gasteiger charge is 2.13. The Kier molecular flexibility index (Phi) is 3.00. The van der Waals surface area contributed by atoms with Crippen LogP contribution in [0.5, 0.6) is 0 Å². The van der Waals surface area contributed by atoms with Gasteiger partial charge in [-0.05, 0) is 34.5 Å². The van der Waals surface area contributed by atoms with Crippen LogP contribution in [0.1, 0.15) is 18.5 Å². The van der Waals surface area contributed by atoms with E-state index in [4.69, 9.17) is 5.73 Å². The second kappa shape index (κ2) is 3.85. The van der Waals surface area contributed by atoms with Gasteiger partial charge in [0.05, 0.1) is 9.40 Å². The number of nitro groups is 1. The Labute approximate surface area is 84.0 Å². The molecule has 4 nitrogen and oxygen atoms in total. The number of rotatable bonds is 2. The Morgan fingerprint density at radius 2 is 2.23 bits per heavy atom. The van der Waals surface area contributed by atoms with Crippen LogP contribution in [0.15, 0.2) is 22.7 Å². The van der Waals surface area contributed by atoms with Crippen molar-refractivity contribution in [2.24, 2.45) is 5.73 Å². The highest BCUT2D eigenvalue weighted by atomic mass is 79.9. The standard InChI is InChI=1S/C8H9BrN2O2/c1-5(10)6-2-3-7(9)8(4-6)11(12)13/h2-5H,10H2,1H3. The summed E-state index contributed by atoms with van der Waals surface area (Å²) >= 11 is 3.10. The van der Waals surface area contributed by atoms with Gasteiger partial charge in [-0.2, -0.15) is 0 Å². The second-order valence-corrected chi connectivity index (χ2v) is 3.61. The van der Waals surface area contributed by atoms with Gasteiger partial charge in [0, 0.05) is 12.1 Å². The maximum atomic E-state index is 10.5. The predicted molar refractivity (Wildman–Crippen MR) is 53.4 cm³/mol. The van der Waals surface area contributed by atoms with Crippen LogP contribution < -0.4 is 5.73 Å². The highest BCUT2D eigenvalue weighted by molar-refractivity contribution is 9.10. The molecule has 1 aromatic rings. The maximum absolute atomic E-state index is 10.5. The lowest BCUT2D eigenvalue weighted by Gasteiger charge is -2.05. The van der Waals surface area contributed by atoms with Gasteiger partial charge in [-0.25, -0.2) is 0 Å². The van der Waals surface area contributed by atoms with Crippen LogP contribution in [0.4, 0.5) is 5.69 Å². The molecule has 0 spiro atoms. The lowest BCUT2D eigenvalue weighted by atomic mass is 10.1. The van der Waals surface area contributed by atoms with E-state index in [2.05, 4.69) is 15.9 Å². The first-order valence-electron chi connectivity index (χ1n) is 3.72. The van der Waals surface area contributed by atoms with Gasteiger partial charge in [-0.3, -0.25) is 10.1 Å². The number of nitrogens with zero attached hydrogens (tertiary/aromatic N) is 1. The number of halogens is 1. The van der Waals surface area contributed by atoms with Crippen LogP contribution in [-0.4, -0.2) is 4.92 Å². The minimum Gasteiger partial charge on any atom is -0.324 e. The largest absolute Gasteiger partial charge is 0.324 e. The van der Waals surface area contributed by atoms with Gasteiger partial charge in [-0.1, -0.05) is 6.07 Å². The van der Waals surface area contributed by atoms with E-state index in [0.29, 0.717) is 4.47 Å². The lowest BCUT2D eigenvalue weighted by molar-refractivity contribution is -0.385. The Hall–Kier alpha value is -0.940. The van der Waals surface area contributed by atoms with E-state index in [0.717, 1.165) is 5.56 Å². The van der Waals surface area contributed by atoms with Crippen LogP contribution in [-0.2, 0) is 0 Å². The Bertz CT molecular complexity index is 339. The molecule has 0 aliphatic carbocycles. The third-order valence-electron chi connectivity index (χ3n) is 1.69. The molecule has 0 radical (unpaired) electrons. The van der Waals surface area contributed by atoms with Crippen LogP contribution >= 0.6 is 15.9 Å². The molecule has 0 aliphatic rings. The van der Waals surface area contributed by atoms with Crippen molar-refractivity contribution in [2.75, 3.05) is 0 Å². The van der Waals surface area contributed by atoms with Gasteiger partial charge in [0.15, 0.2) is 0 Å². The summed E-state index contributed by atoms with van der Waals surface area (Å²) in [5, 5.41) is 10.5. The molecule has 5 heteroatoms. The summed E-state index contributed by atoms with van der Waals surface area (Å²) in [6.07, 6.45) is 0. The van der Waals surface area contributed by atoms with E-state index < -0.39 is 4.92 Å². The molecule has 1 aromatic carbocycles. The van der Waals surface area contributed by atoms with Crippen molar-refractivity contribution < 1.29 is 4.92 Å². The zero-order valence-corrected chi connectivity index (χ0v) is 8.61. The van der Waals surface area contributed by atoms with Crippen molar-refractivity contribution in [3.63, 3.8) is 0 Å². The van der Waals surface area contributed by atoms with Crippen molar-refractivity contribution in [2.45, 2.75) is 13.0 Å². The Balaban J connectivity index is 3.19. The molecular formula is C8H9BrN2O2. The number of nitrogens with two attached hydrogens (primary N) is 1. The molecule has 0 saturated carbocycles. The zero-order valence-electron chi connectivity index (χ0n) is 7.03. The minimum atomic E-state index is -0.435. The molecule has 1 unspecified atom stereocenters. The minimum absolute atomic E-state index is 0.0507. The van der Waals surface area contributed by atoms with Crippen LogP contribution in [0.25, 0.3) is 0 Å². The second-order valence-electron chi connectivity index (χ2n) is 2.76. The quantitative estimate of drug-likeness (QED) is 0.642. The molecular weight excluding hydrogens is 236 g/mol. The number of hydrogen-bond donors (Lipinski definition) is 1. The first-order valence-corrected chi connectivity index (χ1v) is 4.51. The van der Waals surface area contributed by atoms with E-state index >= 15 is 0 Å². The first kappa shape index (κ1) is 10.1. The van der Waals surface area contributed by atoms with E-state index in [1.165, 1.54) is 6.07 Å². The summed E-state index contributed by atoms with van der Waals surface area (Å²) < 4.78 is 0.474. The van der Waals surface area contributed by atoms with Crippen LogP contribution in [0, 0.1) is 10.1 Å². The van der Waals surface area contributed by atoms with Gasteiger partial charge in [0.2, 0.25) is 0 Å². The first-order chi connectivity index (χ1) is 6.02. The van der Waals surface area contributed by atoms with E-state index in [-0.39, 0.29) is 11.7 Å². The number of nitro benzene ring substituents is 1. The molecule has 70 valence electrons. The van der Waals surface area contributed by atoms with Crippen molar-refractivity contribution in [1.82, 2.24) is 0 Å². The third-order valence-corrected chi connectivity index (χ3v) is 2.36. The van der Waals surface area contributed by atoms with Gasteiger partial charge in [0.1, 0.15) is 0 Å². The van der Waals surface area contributed by atoms with E-state index in [1.807, 2.05) is 0 Å². The smallest absolute Gasteiger partial charge is 0.283 e. The van der Waals surface area contributed by atoms with Gasteiger partial charge in [-0.15, -0.1) is 0 Å². The molecule has 0 aliphatic heterocycles. The summed E-state index contributed by atoms with van der Waals surface area (Å²) in [4.78, 5) is 10.1. The van der Waals surface area contributed by atoms with Gasteiger partial charge in [0.25, 0.3) is 5.69 Å². The third kappa shape index (κ3) is 2.26. The summed E-state index contributed by atoms with van der Waals surface area (Å²) in [7, 11) is 0. The molecule has 0 amide bonds.